The fourth-order valence-electron chi connectivity index (χ4n) is 1.77. The van der Waals surface area contributed by atoms with E-state index in [4.69, 9.17) is 5.73 Å². The minimum atomic E-state index is -0.0782. The molecule has 0 aliphatic heterocycles. The van der Waals surface area contributed by atoms with Gasteiger partial charge in [-0.1, -0.05) is 12.1 Å². The summed E-state index contributed by atoms with van der Waals surface area (Å²) in [7, 11) is 0. The summed E-state index contributed by atoms with van der Waals surface area (Å²) in [5.74, 6) is 0.687. The van der Waals surface area contributed by atoms with E-state index in [9.17, 15) is 4.79 Å². The van der Waals surface area contributed by atoms with Gasteiger partial charge in [-0.2, -0.15) is 0 Å². The minimum absolute atomic E-state index is 0.0308. The molecule has 0 radical (unpaired) electrons. The summed E-state index contributed by atoms with van der Waals surface area (Å²) in [6.07, 6.45) is 0. The second-order valence-corrected chi connectivity index (χ2v) is 6.83. The Balaban J connectivity index is 2.07. The van der Waals surface area contributed by atoms with Crippen LogP contribution in [0.25, 0.3) is 0 Å². The van der Waals surface area contributed by atoms with E-state index < -0.39 is 0 Å². The average Bonchev–Trinajstić information content (AvgIpc) is 2.90. The van der Waals surface area contributed by atoms with Crippen molar-refractivity contribution < 1.29 is 4.79 Å². The van der Waals surface area contributed by atoms with Gasteiger partial charge in [0.05, 0.1) is 16.3 Å². The molecule has 21 heavy (non-hydrogen) atoms. The largest absolute Gasteiger partial charge is 0.348 e. The van der Waals surface area contributed by atoms with Gasteiger partial charge in [0.2, 0.25) is 0 Å². The number of rotatable bonds is 6. The predicted octanol–water partition coefficient (Wildman–Crippen LogP) is 2.82. The van der Waals surface area contributed by atoms with Gasteiger partial charge >= 0.3 is 0 Å². The Hall–Kier alpha value is -1.37. The lowest BCUT2D eigenvalue weighted by Gasteiger charge is -2.13. The van der Waals surface area contributed by atoms with E-state index in [1.807, 2.05) is 38.1 Å². The van der Waals surface area contributed by atoms with Crippen molar-refractivity contribution in [2.24, 2.45) is 5.73 Å². The number of carbonyl (C=O) groups excluding carboxylic acids is 1. The van der Waals surface area contributed by atoms with E-state index in [0.29, 0.717) is 12.1 Å². The van der Waals surface area contributed by atoms with Gasteiger partial charge in [0.15, 0.2) is 0 Å². The first-order chi connectivity index (χ1) is 10.1. The molecule has 2 rings (SSSR count). The zero-order chi connectivity index (χ0) is 15.2. The minimum Gasteiger partial charge on any atom is -0.348 e. The molecular weight excluding hydrogens is 302 g/mol. The second-order valence-electron chi connectivity index (χ2n) is 4.75. The lowest BCUT2D eigenvalue weighted by molar-refractivity contribution is 0.0938. The third-order valence-electron chi connectivity index (χ3n) is 2.90. The molecule has 0 unspecified atom stereocenters. The van der Waals surface area contributed by atoms with E-state index in [-0.39, 0.29) is 11.9 Å². The maximum atomic E-state index is 12.3. The maximum Gasteiger partial charge on any atom is 0.252 e. The topological polar surface area (TPSA) is 68.0 Å². The van der Waals surface area contributed by atoms with Crippen LogP contribution in [0.3, 0.4) is 0 Å². The highest BCUT2D eigenvalue weighted by Crippen LogP contribution is 2.26. The molecule has 1 atom stereocenters. The van der Waals surface area contributed by atoms with Crippen molar-refractivity contribution >= 4 is 29.0 Å². The molecule has 112 valence electrons. The van der Waals surface area contributed by atoms with E-state index in [0.717, 1.165) is 21.3 Å². The Labute approximate surface area is 133 Å². The molecule has 0 fully saturated rings. The SMILES string of the molecule is Cc1nc(CSc2ccccc2C(=O)N[C@@H](C)CN)cs1. The number of thiazole rings is 1. The van der Waals surface area contributed by atoms with Gasteiger partial charge in [0, 0.05) is 28.6 Å². The van der Waals surface area contributed by atoms with Crippen LogP contribution in [-0.4, -0.2) is 23.5 Å². The van der Waals surface area contributed by atoms with Gasteiger partial charge in [-0.25, -0.2) is 4.98 Å². The Kier molecular flexibility index (Phi) is 5.78. The van der Waals surface area contributed by atoms with Crippen molar-refractivity contribution in [2.75, 3.05) is 6.54 Å². The van der Waals surface area contributed by atoms with Gasteiger partial charge in [-0.15, -0.1) is 23.1 Å². The van der Waals surface area contributed by atoms with Crippen LogP contribution in [0, 0.1) is 6.92 Å². The van der Waals surface area contributed by atoms with Crippen molar-refractivity contribution in [3.05, 3.63) is 45.9 Å². The number of hydrogen-bond acceptors (Lipinski definition) is 5. The lowest BCUT2D eigenvalue weighted by Crippen LogP contribution is -2.37. The molecule has 0 aliphatic carbocycles. The third kappa shape index (κ3) is 4.56. The summed E-state index contributed by atoms with van der Waals surface area (Å²) >= 11 is 3.27. The van der Waals surface area contributed by atoms with Crippen molar-refractivity contribution in [1.82, 2.24) is 10.3 Å². The summed E-state index contributed by atoms with van der Waals surface area (Å²) < 4.78 is 0. The average molecular weight is 321 g/mol. The first kappa shape index (κ1) is 16.0. The number of thioether (sulfide) groups is 1. The highest BCUT2D eigenvalue weighted by atomic mass is 32.2. The van der Waals surface area contributed by atoms with Crippen LogP contribution in [0.5, 0.6) is 0 Å². The molecule has 1 aromatic carbocycles. The second kappa shape index (κ2) is 7.59. The molecule has 1 heterocycles. The molecule has 1 aromatic heterocycles. The lowest BCUT2D eigenvalue weighted by atomic mass is 10.2. The number of aryl methyl sites for hydroxylation is 1. The number of hydrogen-bond donors (Lipinski definition) is 2. The van der Waals surface area contributed by atoms with Crippen LogP contribution >= 0.6 is 23.1 Å². The smallest absolute Gasteiger partial charge is 0.252 e. The van der Waals surface area contributed by atoms with Crippen molar-refractivity contribution in [1.29, 1.82) is 0 Å². The first-order valence-corrected chi connectivity index (χ1v) is 8.60. The highest BCUT2D eigenvalue weighted by Gasteiger charge is 2.13. The zero-order valence-electron chi connectivity index (χ0n) is 12.1. The van der Waals surface area contributed by atoms with Crippen LogP contribution in [0.2, 0.25) is 0 Å². The van der Waals surface area contributed by atoms with E-state index in [2.05, 4.69) is 15.7 Å². The van der Waals surface area contributed by atoms with Gasteiger partial charge in [0.25, 0.3) is 5.91 Å². The number of nitrogens with one attached hydrogen (secondary N) is 1. The quantitative estimate of drug-likeness (QED) is 0.803. The first-order valence-electron chi connectivity index (χ1n) is 6.74. The number of aromatic nitrogens is 1. The van der Waals surface area contributed by atoms with Crippen LogP contribution in [0.15, 0.2) is 34.5 Å². The van der Waals surface area contributed by atoms with Crippen LogP contribution in [0.1, 0.15) is 28.0 Å². The summed E-state index contributed by atoms with van der Waals surface area (Å²) in [5, 5.41) is 6.02. The Morgan fingerprint density at radius 2 is 2.24 bits per heavy atom. The van der Waals surface area contributed by atoms with Gasteiger partial charge in [-0.05, 0) is 26.0 Å². The number of amides is 1. The molecule has 0 saturated heterocycles. The van der Waals surface area contributed by atoms with Gasteiger partial charge in [-0.3, -0.25) is 4.79 Å². The maximum absolute atomic E-state index is 12.3. The van der Waals surface area contributed by atoms with Crippen molar-refractivity contribution in [3.63, 3.8) is 0 Å². The summed E-state index contributed by atoms with van der Waals surface area (Å²) in [6, 6.07) is 7.59. The van der Waals surface area contributed by atoms with Crippen LogP contribution in [0.4, 0.5) is 0 Å². The Morgan fingerprint density at radius 3 is 2.90 bits per heavy atom. The number of carbonyl (C=O) groups is 1. The van der Waals surface area contributed by atoms with Crippen molar-refractivity contribution in [3.8, 4) is 0 Å². The predicted molar refractivity (Wildman–Crippen MR) is 88.8 cm³/mol. The molecule has 0 bridgehead atoms. The highest BCUT2D eigenvalue weighted by molar-refractivity contribution is 7.98. The molecule has 0 spiro atoms. The van der Waals surface area contributed by atoms with E-state index in [1.165, 1.54) is 0 Å². The molecule has 1 amide bonds. The standard InChI is InChI=1S/C15H19N3OS2/c1-10(7-16)17-15(19)13-5-3-4-6-14(13)21-9-12-8-20-11(2)18-12/h3-6,8,10H,7,9,16H2,1-2H3,(H,17,19)/t10-/m0/s1. The van der Waals surface area contributed by atoms with Gasteiger partial charge in [0.1, 0.15) is 0 Å². The number of nitrogens with zero attached hydrogens (tertiary/aromatic N) is 1. The van der Waals surface area contributed by atoms with Crippen LogP contribution < -0.4 is 11.1 Å². The summed E-state index contributed by atoms with van der Waals surface area (Å²) in [6.45, 7) is 4.32. The normalized spacial score (nSPS) is 12.1. The summed E-state index contributed by atoms with van der Waals surface area (Å²) in [5.41, 5.74) is 7.29. The molecular formula is C15H19N3OS2. The fraction of sp³-hybridized carbons (Fsp3) is 0.333. The Morgan fingerprint density at radius 1 is 1.48 bits per heavy atom. The van der Waals surface area contributed by atoms with E-state index >= 15 is 0 Å². The van der Waals surface area contributed by atoms with Crippen molar-refractivity contribution in [2.45, 2.75) is 30.5 Å². The van der Waals surface area contributed by atoms with Gasteiger partial charge < -0.3 is 11.1 Å². The molecule has 4 nitrogen and oxygen atoms in total. The summed E-state index contributed by atoms with van der Waals surface area (Å²) in [4.78, 5) is 17.7. The number of benzene rings is 1. The van der Waals surface area contributed by atoms with Crippen LogP contribution in [-0.2, 0) is 5.75 Å². The monoisotopic (exact) mass is 321 g/mol. The molecule has 6 heteroatoms. The third-order valence-corrected chi connectivity index (χ3v) is 4.83. The molecule has 3 N–H and O–H groups in total. The zero-order valence-corrected chi connectivity index (χ0v) is 13.8. The molecule has 2 aromatic rings. The molecule has 0 saturated carbocycles. The number of nitrogens with two attached hydrogens (primary N) is 1. The fourth-order valence-corrected chi connectivity index (χ4v) is 3.43. The Bertz CT molecular complexity index is 612. The van der Waals surface area contributed by atoms with E-state index in [1.54, 1.807) is 23.1 Å². The molecule has 0 aliphatic rings.